The van der Waals surface area contributed by atoms with Gasteiger partial charge >= 0.3 is 0 Å². The van der Waals surface area contributed by atoms with Crippen LogP contribution in [0.2, 0.25) is 0 Å². The van der Waals surface area contributed by atoms with E-state index >= 15 is 0 Å². The first-order chi connectivity index (χ1) is 17.6. The lowest BCUT2D eigenvalue weighted by molar-refractivity contribution is 0.0733. The summed E-state index contributed by atoms with van der Waals surface area (Å²) in [6, 6.07) is 12.5. The summed E-state index contributed by atoms with van der Waals surface area (Å²) in [6.45, 7) is 25.6. The molecule has 0 atom stereocenters. The predicted octanol–water partition coefficient (Wildman–Crippen LogP) is 10.3. The van der Waals surface area contributed by atoms with Crippen molar-refractivity contribution >= 4 is 21.5 Å². The summed E-state index contributed by atoms with van der Waals surface area (Å²) >= 11 is 0. The molecule has 0 N–H and O–H groups in total. The second kappa shape index (κ2) is 10.9. The highest BCUT2D eigenvalue weighted by Crippen LogP contribution is 2.52. The number of ether oxygens (including phenoxy) is 4. The van der Waals surface area contributed by atoms with Crippen LogP contribution in [0.3, 0.4) is 0 Å². The van der Waals surface area contributed by atoms with Gasteiger partial charge < -0.3 is 18.9 Å². The minimum Gasteiger partial charge on any atom is -0.487 e. The van der Waals surface area contributed by atoms with Gasteiger partial charge in [0.15, 0.2) is 11.5 Å². The molecule has 0 bridgehead atoms. The maximum atomic E-state index is 6.90. The molecule has 0 saturated heterocycles. The molecular weight excluding hydrogens is 472 g/mol. The number of benzene rings is 3. The van der Waals surface area contributed by atoms with Crippen LogP contribution in [-0.4, -0.2) is 22.4 Å². The van der Waals surface area contributed by atoms with Crippen molar-refractivity contribution in [3.8, 4) is 23.0 Å². The van der Waals surface area contributed by atoms with E-state index in [0.717, 1.165) is 64.5 Å². The van der Waals surface area contributed by atoms with E-state index in [9.17, 15) is 0 Å². The van der Waals surface area contributed by atoms with Gasteiger partial charge in [-0.05, 0) is 93.2 Å². The minimum absolute atomic E-state index is 0.343. The third-order valence-electron chi connectivity index (χ3n) is 7.94. The van der Waals surface area contributed by atoms with Crippen LogP contribution in [0.5, 0.6) is 23.0 Å². The van der Waals surface area contributed by atoms with E-state index in [0.29, 0.717) is 5.75 Å². The number of hydrogen-bond donors (Lipinski definition) is 0. The Labute approximate surface area is 231 Å². The zero-order valence-electron chi connectivity index (χ0n) is 25.9. The lowest BCUT2D eigenvalue weighted by atomic mass is 9.96. The smallest absolute Gasteiger partial charge is 0.173 e. The Kier molecular flexibility index (Phi) is 8.56. The number of rotatable bonds is 12. The summed E-state index contributed by atoms with van der Waals surface area (Å²) in [6.07, 6.45) is 3.45. The quantitative estimate of drug-likeness (QED) is 0.222. The Balaban J connectivity index is 2.56. The van der Waals surface area contributed by atoms with Crippen molar-refractivity contribution in [1.82, 2.24) is 0 Å². The van der Waals surface area contributed by atoms with Gasteiger partial charge in [-0.3, -0.25) is 0 Å². The van der Waals surface area contributed by atoms with E-state index in [1.54, 1.807) is 0 Å². The first-order valence-corrected chi connectivity index (χ1v) is 14.4. The molecule has 3 aromatic carbocycles. The van der Waals surface area contributed by atoms with E-state index in [4.69, 9.17) is 18.9 Å². The van der Waals surface area contributed by atoms with E-state index in [2.05, 4.69) is 113 Å². The highest BCUT2D eigenvalue weighted by Gasteiger charge is 2.32. The average Bonchev–Trinajstić information content (AvgIpc) is 2.86. The fourth-order valence-corrected chi connectivity index (χ4v) is 3.95. The van der Waals surface area contributed by atoms with Crippen LogP contribution in [0.25, 0.3) is 21.5 Å². The van der Waals surface area contributed by atoms with Gasteiger partial charge in [-0.15, -0.1) is 0 Å². The minimum atomic E-state index is -0.407. The molecule has 0 aromatic heterocycles. The standard InChI is InChI=1S/C34H50O4/c1-13-31(5,6)35-26-22-21-25-27(30(26)38-34(11,12)16-4)29(37-33(9,10)15-3)24-20-18-17-19-23(24)28(25)36-32(7,8)14-2/h17-22H,13-16H2,1-12H3. The third kappa shape index (κ3) is 6.50. The lowest BCUT2D eigenvalue weighted by Gasteiger charge is -2.34. The summed E-state index contributed by atoms with van der Waals surface area (Å²) in [5, 5.41) is 3.91. The zero-order valence-corrected chi connectivity index (χ0v) is 25.9. The summed E-state index contributed by atoms with van der Waals surface area (Å²) in [7, 11) is 0. The van der Waals surface area contributed by atoms with Gasteiger partial charge in [0, 0.05) is 16.2 Å². The van der Waals surface area contributed by atoms with E-state index in [-0.39, 0.29) is 16.8 Å². The highest BCUT2D eigenvalue weighted by atomic mass is 16.5. The molecule has 0 heterocycles. The molecule has 0 amide bonds. The lowest BCUT2D eigenvalue weighted by Crippen LogP contribution is -2.31. The first-order valence-electron chi connectivity index (χ1n) is 14.4. The van der Waals surface area contributed by atoms with Crippen LogP contribution in [-0.2, 0) is 0 Å². The van der Waals surface area contributed by atoms with Crippen LogP contribution in [0.4, 0.5) is 0 Å². The van der Waals surface area contributed by atoms with Gasteiger partial charge in [0.05, 0.1) is 5.39 Å². The highest BCUT2D eigenvalue weighted by molar-refractivity contribution is 6.14. The molecule has 3 aromatic rings. The fraction of sp³-hybridized carbons (Fsp3) is 0.588. The first kappa shape index (κ1) is 29.9. The summed E-state index contributed by atoms with van der Waals surface area (Å²) < 4.78 is 27.2. The van der Waals surface area contributed by atoms with Crippen LogP contribution in [0.15, 0.2) is 36.4 Å². The molecular formula is C34H50O4. The predicted molar refractivity (Wildman–Crippen MR) is 161 cm³/mol. The largest absolute Gasteiger partial charge is 0.487 e. The van der Waals surface area contributed by atoms with E-state index in [1.807, 2.05) is 6.07 Å². The van der Waals surface area contributed by atoms with Crippen LogP contribution >= 0.6 is 0 Å². The SMILES string of the molecule is CCC(C)(C)Oc1ccc2c(OC(C)(C)CC)c3ccccc3c(OC(C)(C)CC)c2c1OC(C)(C)CC. The summed E-state index contributed by atoms with van der Waals surface area (Å²) in [5.41, 5.74) is -1.48. The molecule has 0 aliphatic carbocycles. The number of fused-ring (bicyclic) bond motifs is 2. The third-order valence-corrected chi connectivity index (χ3v) is 7.94. The van der Waals surface area contributed by atoms with Crippen molar-refractivity contribution in [3.63, 3.8) is 0 Å². The fourth-order valence-electron chi connectivity index (χ4n) is 3.95. The topological polar surface area (TPSA) is 36.9 Å². The molecule has 210 valence electrons. The van der Waals surface area contributed by atoms with Gasteiger partial charge in [-0.25, -0.2) is 0 Å². The molecule has 3 rings (SSSR count). The Hall–Kier alpha value is -2.62. The molecule has 0 unspecified atom stereocenters. The molecule has 0 aliphatic rings. The Bertz CT molecular complexity index is 1270. The van der Waals surface area contributed by atoms with Gasteiger partial charge in [0.25, 0.3) is 0 Å². The second-order valence-electron chi connectivity index (χ2n) is 12.9. The van der Waals surface area contributed by atoms with Crippen molar-refractivity contribution in [1.29, 1.82) is 0 Å². The average molecular weight is 523 g/mol. The second-order valence-corrected chi connectivity index (χ2v) is 12.9. The van der Waals surface area contributed by atoms with Crippen molar-refractivity contribution in [3.05, 3.63) is 36.4 Å². The molecule has 4 nitrogen and oxygen atoms in total. The van der Waals surface area contributed by atoms with Crippen molar-refractivity contribution in [2.45, 2.75) is 131 Å². The molecule has 0 spiro atoms. The van der Waals surface area contributed by atoms with Gasteiger partial charge in [-0.1, -0.05) is 52.0 Å². The zero-order chi connectivity index (χ0) is 28.5. The van der Waals surface area contributed by atoms with Crippen molar-refractivity contribution in [2.24, 2.45) is 0 Å². The van der Waals surface area contributed by atoms with Gasteiger partial charge in [0.2, 0.25) is 0 Å². The molecule has 0 radical (unpaired) electrons. The van der Waals surface area contributed by atoms with Crippen molar-refractivity contribution in [2.75, 3.05) is 0 Å². The van der Waals surface area contributed by atoms with Crippen LogP contribution < -0.4 is 18.9 Å². The van der Waals surface area contributed by atoms with E-state index < -0.39 is 5.60 Å². The Morgan fingerprint density at radius 1 is 0.447 bits per heavy atom. The maximum Gasteiger partial charge on any atom is 0.173 e. The van der Waals surface area contributed by atoms with Crippen LogP contribution in [0, 0.1) is 0 Å². The monoisotopic (exact) mass is 522 g/mol. The Morgan fingerprint density at radius 3 is 1.32 bits per heavy atom. The van der Waals surface area contributed by atoms with E-state index in [1.165, 1.54) is 0 Å². The van der Waals surface area contributed by atoms with Gasteiger partial charge in [0.1, 0.15) is 33.9 Å². The summed E-state index contributed by atoms with van der Waals surface area (Å²) in [5.74, 6) is 3.10. The van der Waals surface area contributed by atoms with Crippen LogP contribution in [0.1, 0.15) is 109 Å². The number of hydrogen-bond acceptors (Lipinski definition) is 4. The van der Waals surface area contributed by atoms with Crippen molar-refractivity contribution < 1.29 is 18.9 Å². The molecule has 0 aliphatic heterocycles. The Morgan fingerprint density at radius 2 is 0.842 bits per heavy atom. The molecule has 0 fully saturated rings. The van der Waals surface area contributed by atoms with Gasteiger partial charge in [-0.2, -0.15) is 0 Å². The molecule has 0 saturated carbocycles. The summed E-state index contributed by atoms with van der Waals surface area (Å²) in [4.78, 5) is 0. The molecule has 4 heteroatoms. The normalized spacial score (nSPS) is 13.2. The maximum absolute atomic E-state index is 6.90. The molecule has 38 heavy (non-hydrogen) atoms.